The molecule has 0 aromatic heterocycles. The van der Waals surface area contributed by atoms with E-state index < -0.39 is 10.9 Å². The first kappa shape index (κ1) is 14.0. The minimum atomic E-state index is -0.530. The zero-order valence-corrected chi connectivity index (χ0v) is 11.9. The lowest BCUT2D eigenvalue weighted by Gasteiger charge is -2.24. The maximum Gasteiger partial charge on any atom is 0.339 e. The van der Waals surface area contributed by atoms with Crippen LogP contribution in [0.15, 0.2) is 22.7 Å². The van der Waals surface area contributed by atoms with Crippen LogP contribution < -0.4 is 0 Å². The Morgan fingerprint density at radius 3 is 2.79 bits per heavy atom. The normalized spacial score (nSPS) is 14.8. The predicted molar refractivity (Wildman–Crippen MR) is 73.0 cm³/mol. The Kier molecular flexibility index (Phi) is 4.52. The fraction of sp³-hybridized carbons (Fsp3) is 0.462. The summed E-state index contributed by atoms with van der Waals surface area (Å²) in [7, 11) is 0. The molecule has 19 heavy (non-hydrogen) atoms. The molecule has 0 N–H and O–H groups in total. The summed E-state index contributed by atoms with van der Waals surface area (Å²) in [5.74, 6) is 0.149. The topological polar surface area (TPSA) is 69.4 Å². The molecule has 2 rings (SSSR count). The molecule has 0 spiro atoms. The van der Waals surface area contributed by atoms with Gasteiger partial charge in [0.05, 0.1) is 17.1 Å². The van der Waals surface area contributed by atoms with E-state index in [9.17, 15) is 14.9 Å². The molecule has 0 bridgehead atoms. The first-order valence-electron chi connectivity index (χ1n) is 6.19. The fourth-order valence-corrected chi connectivity index (χ4v) is 2.37. The van der Waals surface area contributed by atoms with Gasteiger partial charge >= 0.3 is 5.97 Å². The van der Waals surface area contributed by atoms with E-state index in [1.165, 1.54) is 37.5 Å². The highest BCUT2D eigenvalue weighted by Gasteiger charge is 2.19. The standard InChI is InChI=1S/C13H14BrNO4/c14-12-5-4-10(15(17)18)8-11(12)13(16)19-7-6-9-2-1-3-9/h4-5,8-9H,1-3,6-7H2. The number of ether oxygens (including phenoxy) is 1. The van der Waals surface area contributed by atoms with Gasteiger partial charge in [-0.25, -0.2) is 4.79 Å². The lowest BCUT2D eigenvalue weighted by Crippen LogP contribution is -2.15. The van der Waals surface area contributed by atoms with Crippen molar-refractivity contribution in [1.82, 2.24) is 0 Å². The number of hydrogen-bond donors (Lipinski definition) is 0. The molecular weight excluding hydrogens is 314 g/mol. The van der Waals surface area contributed by atoms with Crippen molar-refractivity contribution < 1.29 is 14.5 Å². The number of rotatable bonds is 5. The van der Waals surface area contributed by atoms with Crippen molar-refractivity contribution in [3.05, 3.63) is 38.3 Å². The number of halogens is 1. The Hall–Kier alpha value is -1.43. The first-order chi connectivity index (χ1) is 9.08. The second-order valence-electron chi connectivity index (χ2n) is 4.64. The summed E-state index contributed by atoms with van der Waals surface area (Å²) in [6.07, 6.45) is 4.55. The minimum Gasteiger partial charge on any atom is -0.462 e. The van der Waals surface area contributed by atoms with E-state index in [1.807, 2.05) is 0 Å². The van der Waals surface area contributed by atoms with Gasteiger partial charge in [-0.3, -0.25) is 10.1 Å². The number of non-ortho nitro benzene ring substituents is 1. The average molecular weight is 328 g/mol. The zero-order chi connectivity index (χ0) is 13.8. The third kappa shape index (κ3) is 3.53. The summed E-state index contributed by atoms with van der Waals surface area (Å²) >= 11 is 3.20. The molecule has 1 fully saturated rings. The van der Waals surface area contributed by atoms with Crippen LogP contribution >= 0.6 is 15.9 Å². The number of nitro groups is 1. The van der Waals surface area contributed by atoms with Crippen LogP contribution in [0.1, 0.15) is 36.0 Å². The summed E-state index contributed by atoms with van der Waals surface area (Å²) in [6, 6.07) is 4.06. The van der Waals surface area contributed by atoms with Gasteiger partial charge in [0, 0.05) is 16.6 Å². The smallest absolute Gasteiger partial charge is 0.339 e. The molecule has 5 nitrogen and oxygen atoms in total. The van der Waals surface area contributed by atoms with E-state index >= 15 is 0 Å². The molecule has 0 unspecified atom stereocenters. The summed E-state index contributed by atoms with van der Waals surface area (Å²) in [4.78, 5) is 22.0. The highest BCUT2D eigenvalue weighted by molar-refractivity contribution is 9.10. The van der Waals surface area contributed by atoms with Crippen molar-refractivity contribution in [3.63, 3.8) is 0 Å². The zero-order valence-electron chi connectivity index (χ0n) is 10.3. The minimum absolute atomic E-state index is 0.117. The number of nitro benzene ring substituents is 1. The lowest BCUT2D eigenvalue weighted by atomic mass is 9.83. The maximum atomic E-state index is 11.9. The molecular formula is C13H14BrNO4. The average Bonchev–Trinajstić information content (AvgIpc) is 2.32. The number of hydrogen-bond acceptors (Lipinski definition) is 4. The predicted octanol–water partition coefficient (Wildman–Crippen LogP) is 3.70. The molecule has 1 aliphatic rings. The van der Waals surface area contributed by atoms with Crippen molar-refractivity contribution in [3.8, 4) is 0 Å². The third-order valence-electron chi connectivity index (χ3n) is 3.36. The van der Waals surface area contributed by atoms with Crippen LogP contribution in [-0.2, 0) is 4.74 Å². The molecule has 6 heteroatoms. The number of carbonyl (C=O) groups excluding carboxylic acids is 1. The third-order valence-corrected chi connectivity index (χ3v) is 4.06. The van der Waals surface area contributed by atoms with Crippen molar-refractivity contribution in [2.75, 3.05) is 6.61 Å². The van der Waals surface area contributed by atoms with Gasteiger partial charge in [0.2, 0.25) is 0 Å². The molecule has 0 radical (unpaired) electrons. The van der Waals surface area contributed by atoms with Gasteiger partial charge in [0.25, 0.3) is 5.69 Å². The van der Waals surface area contributed by atoms with Crippen LogP contribution in [0.4, 0.5) is 5.69 Å². The Labute approximate surface area is 119 Å². The second-order valence-corrected chi connectivity index (χ2v) is 5.50. The van der Waals surface area contributed by atoms with Crippen molar-refractivity contribution in [2.45, 2.75) is 25.7 Å². The maximum absolute atomic E-state index is 11.9. The number of esters is 1. The quantitative estimate of drug-likeness (QED) is 0.469. The van der Waals surface area contributed by atoms with Gasteiger partial charge in [0.15, 0.2) is 0 Å². The van der Waals surface area contributed by atoms with Gasteiger partial charge in [0.1, 0.15) is 0 Å². The summed E-state index contributed by atoms with van der Waals surface area (Å²) in [6.45, 7) is 0.374. The van der Waals surface area contributed by atoms with Gasteiger partial charge in [-0.2, -0.15) is 0 Å². The highest BCUT2D eigenvalue weighted by atomic mass is 79.9. The van der Waals surface area contributed by atoms with Crippen molar-refractivity contribution >= 4 is 27.6 Å². The van der Waals surface area contributed by atoms with Crippen LogP contribution in [0.25, 0.3) is 0 Å². The van der Waals surface area contributed by atoms with Crippen LogP contribution in [0.2, 0.25) is 0 Å². The Morgan fingerprint density at radius 2 is 2.21 bits per heavy atom. The second kappa shape index (κ2) is 6.14. The summed E-state index contributed by atoms with van der Waals surface area (Å²) < 4.78 is 5.66. The van der Waals surface area contributed by atoms with Gasteiger partial charge < -0.3 is 4.74 Å². The van der Waals surface area contributed by atoms with Crippen LogP contribution in [0, 0.1) is 16.0 Å². The molecule has 0 aliphatic heterocycles. The summed E-state index contributed by atoms with van der Waals surface area (Å²) in [5.41, 5.74) is 0.0805. The molecule has 1 aromatic carbocycles. The molecule has 102 valence electrons. The lowest BCUT2D eigenvalue weighted by molar-refractivity contribution is -0.384. The van der Waals surface area contributed by atoms with Crippen molar-refractivity contribution in [2.24, 2.45) is 5.92 Å². The van der Waals surface area contributed by atoms with Crippen LogP contribution in [-0.4, -0.2) is 17.5 Å². The van der Waals surface area contributed by atoms with E-state index in [4.69, 9.17) is 4.74 Å². The molecule has 0 atom stereocenters. The van der Waals surface area contributed by atoms with Crippen LogP contribution in [0.5, 0.6) is 0 Å². The number of benzene rings is 1. The molecule has 0 saturated heterocycles. The van der Waals surface area contributed by atoms with E-state index in [1.54, 1.807) is 0 Å². The molecule has 0 heterocycles. The Balaban J connectivity index is 1.96. The Bertz CT molecular complexity index is 499. The molecule has 1 aromatic rings. The SMILES string of the molecule is O=C(OCCC1CCC1)c1cc([N+](=O)[O-])ccc1Br. The summed E-state index contributed by atoms with van der Waals surface area (Å²) in [5, 5.41) is 10.7. The van der Waals surface area contributed by atoms with E-state index in [-0.39, 0.29) is 11.3 Å². The van der Waals surface area contributed by atoms with Crippen LogP contribution in [0.3, 0.4) is 0 Å². The first-order valence-corrected chi connectivity index (χ1v) is 6.98. The van der Waals surface area contributed by atoms with E-state index in [0.717, 1.165) is 6.42 Å². The molecule has 1 aliphatic carbocycles. The monoisotopic (exact) mass is 327 g/mol. The van der Waals surface area contributed by atoms with Crippen molar-refractivity contribution in [1.29, 1.82) is 0 Å². The van der Waals surface area contributed by atoms with Gasteiger partial charge in [-0.1, -0.05) is 19.3 Å². The van der Waals surface area contributed by atoms with E-state index in [0.29, 0.717) is 17.0 Å². The molecule has 1 saturated carbocycles. The number of carbonyl (C=O) groups is 1. The van der Waals surface area contributed by atoms with Gasteiger partial charge in [-0.05, 0) is 34.3 Å². The molecule has 0 amide bonds. The fourth-order valence-electron chi connectivity index (χ4n) is 1.96. The largest absolute Gasteiger partial charge is 0.462 e. The van der Waals surface area contributed by atoms with Gasteiger partial charge in [-0.15, -0.1) is 0 Å². The highest BCUT2D eigenvalue weighted by Crippen LogP contribution is 2.29. The Morgan fingerprint density at radius 1 is 1.47 bits per heavy atom. The van der Waals surface area contributed by atoms with E-state index in [2.05, 4.69) is 15.9 Å². The number of nitrogens with zero attached hydrogens (tertiary/aromatic N) is 1.